The van der Waals surface area contributed by atoms with Gasteiger partial charge in [0.2, 0.25) is 0 Å². The highest BCUT2D eigenvalue weighted by molar-refractivity contribution is 6.17. The van der Waals surface area contributed by atoms with Gasteiger partial charge in [0.25, 0.3) is 0 Å². The Balaban J connectivity index is 2.97. The topological polar surface area (TPSA) is 44.5 Å². The average Bonchev–Trinajstić information content (AvgIpc) is 2.11. The standard InChI is InChI=1S/C9H21NO2Si/c1-3-6-9(10)7-5-8-12-13-11-4-2/h9H,3-8,10H2,1-2H3. The lowest BCUT2D eigenvalue weighted by molar-refractivity contribution is 0.224. The largest absolute Gasteiger partial charge is 0.433 e. The molecule has 2 N–H and O–H groups in total. The Bertz CT molecular complexity index is 104. The second kappa shape index (κ2) is 10.2. The first-order chi connectivity index (χ1) is 6.31. The van der Waals surface area contributed by atoms with Crippen molar-refractivity contribution >= 4 is 10.0 Å². The van der Waals surface area contributed by atoms with Gasteiger partial charge in [0, 0.05) is 19.3 Å². The van der Waals surface area contributed by atoms with Crippen molar-refractivity contribution in [2.24, 2.45) is 5.73 Å². The second-order valence-electron chi connectivity index (χ2n) is 3.06. The average molecular weight is 203 g/mol. The van der Waals surface area contributed by atoms with Crippen LogP contribution in [0, 0.1) is 0 Å². The van der Waals surface area contributed by atoms with Crippen LogP contribution in [0.4, 0.5) is 0 Å². The van der Waals surface area contributed by atoms with Gasteiger partial charge in [0.1, 0.15) is 0 Å². The van der Waals surface area contributed by atoms with Gasteiger partial charge < -0.3 is 14.6 Å². The zero-order chi connectivity index (χ0) is 9.94. The molecule has 0 spiro atoms. The zero-order valence-electron chi connectivity index (χ0n) is 8.71. The lowest BCUT2D eigenvalue weighted by atomic mass is 10.1. The Morgan fingerprint density at radius 3 is 2.62 bits per heavy atom. The predicted octanol–water partition coefficient (Wildman–Crippen LogP) is 1.48. The molecule has 1 unspecified atom stereocenters. The Hall–Kier alpha value is 0.0969. The molecular weight excluding hydrogens is 182 g/mol. The van der Waals surface area contributed by atoms with Gasteiger partial charge in [-0.05, 0) is 26.2 Å². The summed E-state index contributed by atoms with van der Waals surface area (Å²) in [5.74, 6) is 0. The summed E-state index contributed by atoms with van der Waals surface area (Å²) in [6.07, 6.45) is 4.39. The van der Waals surface area contributed by atoms with Crippen molar-refractivity contribution in [2.75, 3.05) is 13.2 Å². The van der Waals surface area contributed by atoms with Crippen LogP contribution < -0.4 is 5.73 Å². The third kappa shape index (κ3) is 10.0. The minimum atomic E-state index is 0.196. The predicted molar refractivity (Wildman–Crippen MR) is 55.4 cm³/mol. The van der Waals surface area contributed by atoms with Gasteiger partial charge in [-0.15, -0.1) is 0 Å². The van der Waals surface area contributed by atoms with Crippen LogP contribution in [0.25, 0.3) is 0 Å². The minimum Gasteiger partial charge on any atom is -0.393 e. The van der Waals surface area contributed by atoms with Gasteiger partial charge >= 0.3 is 10.0 Å². The molecular formula is C9H21NO2Si. The number of hydrogen-bond donors (Lipinski definition) is 1. The van der Waals surface area contributed by atoms with Gasteiger partial charge in [-0.3, -0.25) is 0 Å². The van der Waals surface area contributed by atoms with E-state index in [1.54, 1.807) is 0 Å². The summed E-state index contributed by atoms with van der Waals surface area (Å²) in [5.41, 5.74) is 5.84. The van der Waals surface area contributed by atoms with Gasteiger partial charge in [-0.25, -0.2) is 0 Å². The van der Waals surface area contributed by atoms with Crippen molar-refractivity contribution in [3.05, 3.63) is 0 Å². The van der Waals surface area contributed by atoms with E-state index in [0.717, 1.165) is 32.5 Å². The lowest BCUT2D eigenvalue weighted by Crippen LogP contribution is -2.20. The fraction of sp³-hybridized carbons (Fsp3) is 1.00. The molecule has 2 radical (unpaired) electrons. The molecule has 0 aliphatic carbocycles. The number of nitrogens with two attached hydrogens (primary N) is 1. The highest BCUT2D eigenvalue weighted by Crippen LogP contribution is 2.01. The van der Waals surface area contributed by atoms with Gasteiger partial charge in [0.15, 0.2) is 0 Å². The molecule has 1 atom stereocenters. The van der Waals surface area contributed by atoms with Crippen molar-refractivity contribution in [3.63, 3.8) is 0 Å². The summed E-state index contributed by atoms with van der Waals surface area (Å²) in [5, 5.41) is 0. The smallest absolute Gasteiger partial charge is 0.393 e. The third-order valence-electron chi connectivity index (χ3n) is 1.74. The molecule has 0 rings (SSSR count). The highest BCUT2D eigenvalue weighted by Gasteiger charge is 2.00. The van der Waals surface area contributed by atoms with Crippen molar-refractivity contribution in [1.29, 1.82) is 0 Å². The lowest BCUT2D eigenvalue weighted by Gasteiger charge is -2.09. The quantitative estimate of drug-likeness (QED) is 0.456. The minimum absolute atomic E-state index is 0.196. The molecule has 3 nitrogen and oxygen atoms in total. The second-order valence-corrected chi connectivity index (χ2v) is 3.80. The monoisotopic (exact) mass is 203 g/mol. The summed E-state index contributed by atoms with van der Waals surface area (Å²) >= 11 is 0. The normalized spacial score (nSPS) is 13.2. The molecule has 0 fully saturated rings. The summed E-state index contributed by atoms with van der Waals surface area (Å²) in [7, 11) is 0.196. The maximum Gasteiger partial charge on any atom is 0.433 e. The molecule has 0 heterocycles. The molecule has 78 valence electrons. The summed E-state index contributed by atoms with van der Waals surface area (Å²) in [6, 6.07) is 0.351. The number of hydrogen-bond acceptors (Lipinski definition) is 3. The molecule has 0 aliphatic rings. The molecule has 0 aromatic heterocycles. The summed E-state index contributed by atoms with van der Waals surface area (Å²) in [6.45, 7) is 5.63. The molecule has 0 aliphatic heterocycles. The van der Waals surface area contributed by atoms with Gasteiger partial charge in [-0.2, -0.15) is 0 Å². The van der Waals surface area contributed by atoms with Crippen LogP contribution in [-0.4, -0.2) is 29.3 Å². The van der Waals surface area contributed by atoms with E-state index < -0.39 is 0 Å². The SMILES string of the molecule is CCCC(N)CCCO[Si]OCC. The van der Waals surface area contributed by atoms with Crippen molar-refractivity contribution in [1.82, 2.24) is 0 Å². The maximum absolute atomic E-state index is 5.84. The summed E-state index contributed by atoms with van der Waals surface area (Å²) < 4.78 is 10.3. The molecule has 0 bridgehead atoms. The Morgan fingerprint density at radius 2 is 2.00 bits per heavy atom. The Kier molecular flexibility index (Phi) is 10.3. The van der Waals surface area contributed by atoms with Crippen molar-refractivity contribution in [3.8, 4) is 0 Å². The van der Waals surface area contributed by atoms with E-state index in [4.69, 9.17) is 14.6 Å². The highest BCUT2D eigenvalue weighted by atomic mass is 28.3. The molecule has 0 aromatic carbocycles. The van der Waals surface area contributed by atoms with Crippen LogP contribution >= 0.6 is 0 Å². The first-order valence-corrected chi connectivity index (χ1v) is 5.87. The van der Waals surface area contributed by atoms with E-state index in [1.165, 1.54) is 6.42 Å². The van der Waals surface area contributed by atoms with E-state index in [1.807, 2.05) is 6.92 Å². The van der Waals surface area contributed by atoms with E-state index in [9.17, 15) is 0 Å². The van der Waals surface area contributed by atoms with Crippen molar-refractivity contribution in [2.45, 2.75) is 45.6 Å². The first-order valence-electron chi connectivity index (χ1n) is 5.05. The number of rotatable bonds is 9. The first kappa shape index (κ1) is 13.1. The van der Waals surface area contributed by atoms with Gasteiger partial charge in [-0.1, -0.05) is 13.3 Å². The van der Waals surface area contributed by atoms with Crippen molar-refractivity contribution < 1.29 is 8.85 Å². The third-order valence-corrected chi connectivity index (χ3v) is 2.47. The Morgan fingerprint density at radius 1 is 1.23 bits per heavy atom. The van der Waals surface area contributed by atoms with Crippen LogP contribution in [0.2, 0.25) is 0 Å². The van der Waals surface area contributed by atoms with E-state index in [0.29, 0.717) is 6.04 Å². The van der Waals surface area contributed by atoms with E-state index in [2.05, 4.69) is 6.92 Å². The fourth-order valence-corrected chi connectivity index (χ4v) is 1.50. The fourth-order valence-electron chi connectivity index (χ4n) is 1.08. The van der Waals surface area contributed by atoms with E-state index >= 15 is 0 Å². The molecule has 0 amide bonds. The zero-order valence-corrected chi connectivity index (χ0v) is 9.71. The molecule has 0 aromatic rings. The van der Waals surface area contributed by atoms with Crippen LogP contribution in [0.1, 0.15) is 39.5 Å². The summed E-state index contributed by atoms with van der Waals surface area (Å²) in [4.78, 5) is 0. The van der Waals surface area contributed by atoms with Crippen LogP contribution in [0.3, 0.4) is 0 Å². The van der Waals surface area contributed by atoms with Crippen LogP contribution in [-0.2, 0) is 8.85 Å². The molecule has 4 heteroatoms. The van der Waals surface area contributed by atoms with Crippen LogP contribution in [0.15, 0.2) is 0 Å². The molecule has 0 saturated carbocycles. The van der Waals surface area contributed by atoms with Crippen LogP contribution in [0.5, 0.6) is 0 Å². The van der Waals surface area contributed by atoms with E-state index in [-0.39, 0.29) is 10.0 Å². The molecule has 13 heavy (non-hydrogen) atoms. The maximum atomic E-state index is 5.84. The van der Waals surface area contributed by atoms with Gasteiger partial charge in [0.05, 0.1) is 0 Å². The Labute approximate surface area is 84.0 Å². The molecule has 0 saturated heterocycles.